The molecule has 0 radical (unpaired) electrons. The highest BCUT2D eigenvalue weighted by atomic mass is 35.5. The summed E-state index contributed by atoms with van der Waals surface area (Å²) in [5.41, 5.74) is 1.97. The summed E-state index contributed by atoms with van der Waals surface area (Å²) in [7, 11) is 3.20. The van der Waals surface area contributed by atoms with Gasteiger partial charge in [-0.1, -0.05) is 36.4 Å². The minimum absolute atomic E-state index is 0.373. The third kappa shape index (κ3) is 5.27. The van der Waals surface area contributed by atoms with Gasteiger partial charge < -0.3 is 18.9 Å². The predicted octanol–water partition coefficient (Wildman–Crippen LogP) is 4.60. The number of methoxy groups -OCH3 is 2. The molecule has 4 nitrogen and oxygen atoms in total. The van der Waals surface area contributed by atoms with E-state index in [9.17, 15) is 0 Å². The van der Waals surface area contributed by atoms with Crippen LogP contribution in [-0.4, -0.2) is 20.5 Å². The van der Waals surface area contributed by atoms with Crippen molar-refractivity contribution < 1.29 is 18.9 Å². The van der Waals surface area contributed by atoms with Crippen molar-refractivity contribution in [2.45, 2.75) is 19.5 Å². The minimum Gasteiger partial charge on any atom is -0.493 e. The Kier molecular flexibility index (Phi) is 7.12. The van der Waals surface area contributed by atoms with Crippen LogP contribution in [-0.2, 0) is 22.7 Å². The molecule has 0 fully saturated rings. The van der Waals surface area contributed by atoms with E-state index in [4.69, 9.17) is 30.5 Å². The highest BCUT2D eigenvalue weighted by Gasteiger charge is 2.08. The van der Waals surface area contributed by atoms with Crippen molar-refractivity contribution >= 4 is 11.6 Å². The summed E-state index contributed by atoms with van der Waals surface area (Å²) in [4.78, 5) is 0. The van der Waals surface area contributed by atoms with Crippen LogP contribution >= 0.6 is 11.6 Å². The highest BCUT2D eigenvalue weighted by molar-refractivity contribution is 6.30. The lowest BCUT2D eigenvalue weighted by atomic mass is 10.2. The van der Waals surface area contributed by atoms with Crippen LogP contribution in [0.25, 0.3) is 0 Å². The Morgan fingerprint density at radius 3 is 2.08 bits per heavy atom. The monoisotopic (exact) mass is 348 g/mol. The molecule has 0 saturated heterocycles. The van der Waals surface area contributed by atoms with Crippen LogP contribution < -0.4 is 9.47 Å². The molecular formula is C19H21ClO4. The summed E-state index contributed by atoms with van der Waals surface area (Å²) in [5, 5.41) is 0.698. The Bertz CT molecular complexity index is 655. The fraction of sp³-hybridized carbons (Fsp3) is 0.263. The third-order valence-corrected chi connectivity index (χ3v) is 3.63. The zero-order valence-electron chi connectivity index (χ0n) is 13.8. The van der Waals surface area contributed by atoms with Crippen LogP contribution in [0.15, 0.2) is 55.1 Å². The zero-order chi connectivity index (χ0) is 17.4. The molecule has 0 N–H and O–H groups in total. The van der Waals surface area contributed by atoms with Crippen molar-refractivity contribution in [3.8, 4) is 11.5 Å². The molecule has 1 atom stereocenters. The molecule has 0 saturated carbocycles. The van der Waals surface area contributed by atoms with Gasteiger partial charge in [0.05, 0.1) is 27.4 Å². The molecule has 128 valence electrons. The van der Waals surface area contributed by atoms with Crippen molar-refractivity contribution in [2.24, 2.45) is 0 Å². The van der Waals surface area contributed by atoms with E-state index in [1.54, 1.807) is 20.3 Å². The van der Waals surface area contributed by atoms with E-state index in [0.29, 0.717) is 29.7 Å². The van der Waals surface area contributed by atoms with Crippen molar-refractivity contribution in [2.75, 3.05) is 14.2 Å². The summed E-state index contributed by atoms with van der Waals surface area (Å²) < 4.78 is 21.9. The molecule has 2 aromatic carbocycles. The van der Waals surface area contributed by atoms with Gasteiger partial charge in [-0.25, -0.2) is 0 Å². The van der Waals surface area contributed by atoms with Crippen LogP contribution in [0.1, 0.15) is 11.1 Å². The highest BCUT2D eigenvalue weighted by Crippen LogP contribution is 2.28. The van der Waals surface area contributed by atoms with Crippen LogP contribution in [0.4, 0.5) is 0 Å². The fourth-order valence-electron chi connectivity index (χ4n) is 2.09. The molecule has 0 spiro atoms. The van der Waals surface area contributed by atoms with E-state index in [1.807, 2.05) is 42.5 Å². The number of ether oxygens (including phenoxy) is 4. The standard InChI is InChI=1S/C19H21ClO4/c1-4-19(23-12-14-5-8-16(20)9-6-14)24-13-15-7-10-17(21-2)18(11-15)22-3/h4-11,19H,1,12-13H2,2-3H3. The minimum atomic E-state index is -0.506. The number of hydrogen-bond donors (Lipinski definition) is 0. The summed E-state index contributed by atoms with van der Waals surface area (Å²) in [6, 6.07) is 13.1. The van der Waals surface area contributed by atoms with E-state index in [-0.39, 0.29) is 0 Å². The SMILES string of the molecule is C=CC(OCc1ccc(Cl)cc1)OCc1ccc(OC)c(OC)c1. The van der Waals surface area contributed by atoms with Crippen molar-refractivity contribution in [1.82, 2.24) is 0 Å². The number of benzene rings is 2. The molecular weight excluding hydrogens is 328 g/mol. The molecule has 0 heterocycles. The number of halogens is 1. The lowest BCUT2D eigenvalue weighted by Crippen LogP contribution is -2.14. The third-order valence-electron chi connectivity index (χ3n) is 3.38. The summed E-state index contributed by atoms with van der Waals surface area (Å²) >= 11 is 5.86. The lowest BCUT2D eigenvalue weighted by molar-refractivity contribution is -0.126. The maximum atomic E-state index is 5.86. The molecule has 0 aliphatic heterocycles. The average Bonchev–Trinajstić information content (AvgIpc) is 2.63. The maximum absolute atomic E-state index is 5.86. The first-order valence-corrected chi connectivity index (χ1v) is 7.85. The molecule has 0 amide bonds. The molecule has 2 aromatic rings. The summed E-state index contributed by atoms with van der Waals surface area (Å²) in [6.45, 7) is 4.53. The van der Waals surface area contributed by atoms with Crippen molar-refractivity contribution in [3.05, 3.63) is 71.3 Å². The topological polar surface area (TPSA) is 36.9 Å². The fourth-order valence-corrected chi connectivity index (χ4v) is 2.22. The molecule has 1 unspecified atom stereocenters. The van der Waals surface area contributed by atoms with Gasteiger partial charge in [0.2, 0.25) is 0 Å². The Labute approximate surface area is 147 Å². The van der Waals surface area contributed by atoms with Crippen LogP contribution in [0, 0.1) is 0 Å². The first-order valence-electron chi connectivity index (χ1n) is 7.47. The summed E-state index contributed by atoms with van der Waals surface area (Å²) in [5.74, 6) is 1.34. The second-order valence-corrected chi connectivity index (χ2v) is 5.48. The van der Waals surface area contributed by atoms with Crippen LogP contribution in [0.5, 0.6) is 11.5 Å². The quantitative estimate of drug-likeness (QED) is 0.490. The second kappa shape index (κ2) is 9.33. The molecule has 0 aromatic heterocycles. The van der Waals surface area contributed by atoms with Gasteiger partial charge >= 0.3 is 0 Å². The first kappa shape index (κ1) is 18.3. The second-order valence-electron chi connectivity index (χ2n) is 5.04. The summed E-state index contributed by atoms with van der Waals surface area (Å²) in [6.07, 6.45) is 1.12. The molecule has 24 heavy (non-hydrogen) atoms. The van der Waals surface area contributed by atoms with Gasteiger partial charge in [-0.15, -0.1) is 0 Å². The van der Waals surface area contributed by atoms with Crippen LogP contribution in [0.3, 0.4) is 0 Å². The number of rotatable bonds is 9. The van der Waals surface area contributed by atoms with Gasteiger partial charge in [0.1, 0.15) is 0 Å². The van der Waals surface area contributed by atoms with E-state index >= 15 is 0 Å². The van der Waals surface area contributed by atoms with Gasteiger partial charge in [-0.05, 0) is 41.5 Å². The van der Waals surface area contributed by atoms with Crippen molar-refractivity contribution in [1.29, 1.82) is 0 Å². The Morgan fingerprint density at radius 1 is 0.917 bits per heavy atom. The van der Waals surface area contributed by atoms with E-state index < -0.39 is 6.29 Å². The Hall–Kier alpha value is -2.01. The maximum Gasteiger partial charge on any atom is 0.177 e. The first-order chi connectivity index (χ1) is 11.7. The number of hydrogen-bond acceptors (Lipinski definition) is 4. The molecule has 2 rings (SSSR count). The van der Waals surface area contributed by atoms with E-state index in [2.05, 4.69) is 6.58 Å². The van der Waals surface area contributed by atoms with Gasteiger partial charge in [0.15, 0.2) is 17.8 Å². The largest absolute Gasteiger partial charge is 0.493 e. The lowest BCUT2D eigenvalue weighted by Gasteiger charge is -2.16. The smallest absolute Gasteiger partial charge is 0.177 e. The van der Waals surface area contributed by atoms with Crippen LogP contribution in [0.2, 0.25) is 5.02 Å². The van der Waals surface area contributed by atoms with E-state index in [0.717, 1.165) is 11.1 Å². The van der Waals surface area contributed by atoms with E-state index in [1.165, 1.54) is 0 Å². The Morgan fingerprint density at radius 2 is 1.50 bits per heavy atom. The zero-order valence-corrected chi connectivity index (χ0v) is 14.6. The Balaban J connectivity index is 1.88. The van der Waals surface area contributed by atoms with Gasteiger partial charge in [-0.3, -0.25) is 0 Å². The van der Waals surface area contributed by atoms with Crippen molar-refractivity contribution in [3.63, 3.8) is 0 Å². The van der Waals surface area contributed by atoms with Gasteiger partial charge in [-0.2, -0.15) is 0 Å². The molecule has 0 bridgehead atoms. The predicted molar refractivity (Wildman–Crippen MR) is 94.6 cm³/mol. The molecule has 0 aliphatic rings. The average molecular weight is 349 g/mol. The van der Waals surface area contributed by atoms with Gasteiger partial charge in [0, 0.05) is 5.02 Å². The molecule has 5 heteroatoms. The normalized spacial score (nSPS) is 11.8. The molecule has 0 aliphatic carbocycles. The van der Waals surface area contributed by atoms with Gasteiger partial charge in [0.25, 0.3) is 0 Å².